The Labute approximate surface area is 233 Å². The van der Waals surface area contributed by atoms with Crippen molar-refractivity contribution in [2.24, 2.45) is 0 Å². The fraction of sp³-hybridized carbons (Fsp3) is 0.154. The van der Waals surface area contributed by atoms with Crippen LogP contribution >= 0.6 is 28.1 Å². The molecule has 0 spiro atoms. The van der Waals surface area contributed by atoms with E-state index in [-0.39, 0.29) is 0 Å². The average molecular weight is 618 g/mol. The summed E-state index contributed by atoms with van der Waals surface area (Å²) in [6, 6.07) is 18.0. The highest BCUT2D eigenvalue weighted by molar-refractivity contribution is 9.10. The van der Waals surface area contributed by atoms with Crippen LogP contribution in [0.2, 0.25) is 0 Å². The zero-order valence-electron chi connectivity index (χ0n) is 20.2. The smallest absolute Gasteiger partial charge is 0.229 e. The number of nitrogens with zero attached hydrogens (tertiary/aromatic N) is 2. The molecule has 196 valence electrons. The summed E-state index contributed by atoms with van der Waals surface area (Å²) in [6.45, 7) is 0. The molecular weight excluding hydrogens is 595 g/mol. The molecule has 3 heterocycles. The number of anilines is 2. The molecule has 1 aliphatic rings. The molecule has 2 atom stereocenters. The minimum absolute atomic E-state index is 0.292. The summed E-state index contributed by atoms with van der Waals surface area (Å²) < 4.78 is 53.1. The average Bonchev–Trinajstić information content (AvgIpc) is 3.48. The number of furan rings is 1. The molecule has 2 aromatic heterocycles. The molecule has 2 aromatic carbocycles. The van der Waals surface area contributed by atoms with Gasteiger partial charge in [-0.15, -0.1) is 0 Å². The highest BCUT2D eigenvalue weighted by atomic mass is 79.9. The van der Waals surface area contributed by atoms with Crippen molar-refractivity contribution in [1.29, 1.82) is 0 Å². The predicted octanol–water partition coefficient (Wildman–Crippen LogP) is 5.80. The van der Waals surface area contributed by atoms with Crippen molar-refractivity contribution in [1.82, 2.24) is 10.3 Å². The number of thiocarbonyl (C=S) groups is 1. The Hall–Kier alpha value is -3.48. The highest BCUT2D eigenvalue weighted by Crippen LogP contribution is 2.44. The third-order valence-corrected chi connectivity index (χ3v) is 7.37. The number of sulfonamides is 1. The van der Waals surface area contributed by atoms with E-state index >= 15 is 0 Å². The van der Waals surface area contributed by atoms with Gasteiger partial charge in [-0.1, -0.05) is 22.0 Å². The minimum Gasteiger partial charge on any atom is -0.494 e. The number of hydrogen-bond acceptors (Lipinski definition) is 6. The number of nitrogens with one attached hydrogen (secondary N) is 2. The summed E-state index contributed by atoms with van der Waals surface area (Å²) in [5.41, 5.74) is 1.99. The topological polar surface area (TPSA) is 96.7 Å². The van der Waals surface area contributed by atoms with Crippen LogP contribution in [0.15, 0.2) is 81.8 Å². The van der Waals surface area contributed by atoms with Gasteiger partial charge in [0.15, 0.2) is 5.11 Å². The molecule has 1 fully saturated rings. The standard InChI is InChI=1S/C26H22BrFN4O4S2/c1-35-23-14-16(7-9-19(23)31-38(2,33)34)32-25(24(30-26(32)37)20-5-3-4-12-29-20)22-11-10-21(36-22)17-8-6-15(27)13-18(17)28/h3-14,24-25,31H,1-2H3,(H,30,37)/t24-,25-/m0/s1. The first kappa shape index (κ1) is 26.1. The molecule has 38 heavy (non-hydrogen) atoms. The van der Waals surface area contributed by atoms with Gasteiger partial charge in [0.05, 0.1) is 36.4 Å². The second-order valence-corrected chi connectivity index (χ2v) is 11.6. The van der Waals surface area contributed by atoms with Gasteiger partial charge in [-0.25, -0.2) is 12.8 Å². The van der Waals surface area contributed by atoms with Crippen LogP contribution in [0.25, 0.3) is 11.3 Å². The van der Waals surface area contributed by atoms with Crippen molar-refractivity contribution in [3.05, 3.63) is 94.7 Å². The Kier molecular flexibility index (Phi) is 7.12. The number of pyridine rings is 1. The Morgan fingerprint density at radius 3 is 2.66 bits per heavy atom. The van der Waals surface area contributed by atoms with E-state index in [1.165, 1.54) is 13.2 Å². The second-order valence-electron chi connectivity index (χ2n) is 8.58. The van der Waals surface area contributed by atoms with E-state index in [4.69, 9.17) is 21.4 Å². The zero-order chi connectivity index (χ0) is 27.0. The van der Waals surface area contributed by atoms with Crippen LogP contribution in [-0.4, -0.2) is 31.9 Å². The Balaban J connectivity index is 1.60. The van der Waals surface area contributed by atoms with Gasteiger partial charge >= 0.3 is 0 Å². The molecule has 0 unspecified atom stereocenters. The van der Waals surface area contributed by atoms with E-state index in [0.717, 1.165) is 11.9 Å². The highest BCUT2D eigenvalue weighted by Gasteiger charge is 2.43. The fourth-order valence-corrected chi connectivity index (χ4v) is 5.63. The number of halogens is 2. The van der Waals surface area contributed by atoms with Crippen molar-refractivity contribution in [2.75, 3.05) is 23.0 Å². The number of hydrogen-bond donors (Lipinski definition) is 2. The number of rotatable bonds is 7. The molecule has 0 radical (unpaired) electrons. The van der Waals surface area contributed by atoms with Gasteiger partial charge < -0.3 is 19.4 Å². The number of methoxy groups -OCH3 is 1. The van der Waals surface area contributed by atoms with E-state index in [2.05, 4.69) is 31.0 Å². The lowest BCUT2D eigenvalue weighted by Gasteiger charge is -2.27. The molecule has 1 aliphatic heterocycles. The van der Waals surface area contributed by atoms with Gasteiger partial charge in [0.25, 0.3) is 0 Å². The largest absolute Gasteiger partial charge is 0.494 e. The molecule has 1 saturated heterocycles. The van der Waals surface area contributed by atoms with Gasteiger partial charge in [0.2, 0.25) is 10.0 Å². The summed E-state index contributed by atoms with van der Waals surface area (Å²) >= 11 is 9.02. The van der Waals surface area contributed by atoms with Crippen molar-refractivity contribution in [2.45, 2.75) is 12.1 Å². The third-order valence-electron chi connectivity index (χ3n) is 5.97. The van der Waals surface area contributed by atoms with E-state index < -0.39 is 27.9 Å². The maximum atomic E-state index is 14.7. The van der Waals surface area contributed by atoms with Crippen molar-refractivity contribution < 1.29 is 22.0 Å². The monoisotopic (exact) mass is 616 g/mol. The van der Waals surface area contributed by atoms with Crippen molar-refractivity contribution in [3.63, 3.8) is 0 Å². The van der Waals surface area contributed by atoms with Crippen molar-refractivity contribution >= 4 is 54.7 Å². The molecule has 0 amide bonds. The van der Waals surface area contributed by atoms with Gasteiger partial charge in [-0.05, 0) is 66.8 Å². The molecule has 4 aromatic rings. The van der Waals surface area contributed by atoms with Crippen LogP contribution in [-0.2, 0) is 10.0 Å². The lowest BCUT2D eigenvalue weighted by atomic mass is 10.0. The van der Waals surface area contributed by atoms with Gasteiger partial charge in [0.1, 0.15) is 29.1 Å². The van der Waals surface area contributed by atoms with Crippen LogP contribution in [0.3, 0.4) is 0 Å². The normalized spacial score (nSPS) is 17.4. The van der Waals surface area contributed by atoms with E-state index in [9.17, 15) is 12.8 Å². The summed E-state index contributed by atoms with van der Waals surface area (Å²) in [5, 5.41) is 3.73. The number of ether oxygens (including phenoxy) is 1. The second kappa shape index (κ2) is 10.4. The molecule has 0 aliphatic carbocycles. The number of aromatic nitrogens is 1. The summed E-state index contributed by atoms with van der Waals surface area (Å²) in [7, 11) is -2.07. The SMILES string of the molecule is COc1cc(N2C(=S)N[C@@H](c3ccccn3)[C@@H]2c2ccc(-c3ccc(Br)cc3F)o2)ccc1NS(C)(=O)=O. The maximum Gasteiger partial charge on any atom is 0.229 e. The van der Waals surface area contributed by atoms with E-state index in [0.29, 0.717) is 43.8 Å². The van der Waals surface area contributed by atoms with Gasteiger partial charge in [0, 0.05) is 22.4 Å². The van der Waals surface area contributed by atoms with E-state index in [1.54, 1.807) is 48.7 Å². The Bertz CT molecular complexity index is 1610. The summed E-state index contributed by atoms with van der Waals surface area (Å²) in [6.07, 6.45) is 2.76. The lowest BCUT2D eigenvalue weighted by Crippen LogP contribution is -2.29. The van der Waals surface area contributed by atoms with Gasteiger partial charge in [-0.3, -0.25) is 9.71 Å². The molecule has 5 rings (SSSR count). The molecular formula is C26H22BrFN4O4S2. The molecule has 8 nitrogen and oxygen atoms in total. The van der Waals surface area contributed by atoms with Gasteiger partial charge in [-0.2, -0.15) is 0 Å². The maximum absolute atomic E-state index is 14.7. The first-order chi connectivity index (χ1) is 18.1. The molecule has 12 heteroatoms. The summed E-state index contributed by atoms with van der Waals surface area (Å²) in [5.74, 6) is 0.792. The lowest BCUT2D eigenvalue weighted by molar-refractivity contribution is 0.416. The van der Waals surface area contributed by atoms with Crippen LogP contribution in [0.4, 0.5) is 15.8 Å². The fourth-order valence-electron chi connectivity index (χ4n) is 4.38. The quantitative estimate of drug-likeness (QED) is 0.251. The minimum atomic E-state index is -3.52. The Morgan fingerprint density at radius 2 is 1.97 bits per heavy atom. The van der Waals surface area contributed by atoms with Crippen LogP contribution in [0.5, 0.6) is 5.75 Å². The van der Waals surface area contributed by atoms with Crippen molar-refractivity contribution in [3.8, 4) is 17.1 Å². The first-order valence-corrected chi connectivity index (χ1v) is 14.5. The van der Waals surface area contributed by atoms with Crippen LogP contribution in [0.1, 0.15) is 23.5 Å². The third kappa shape index (κ3) is 5.24. The molecule has 2 N–H and O–H groups in total. The van der Waals surface area contributed by atoms with Crippen LogP contribution in [0, 0.1) is 5.82 Å². The zero-order valence-corrected chi connectivity index (χ0v) is 23.4. The first-order valence-electron chi connectivity index (χ1n) is 11.4. The Morgan fingerprint density at radius 1 is 1.16 bits per heavy atom. The molecule has 0 bridgehead atoms. The predicted molar refractivity (Wildman–Crippen MR) is 151 cm³/mol. The molecule has 0 saturated carbocycles. The number of benzene rings is 2. The summed E-state index contributed by atoms with van der Waals surface area (Å²) in [4.78, 5) is 6.37. The van der Waals surface area contributed by atoms with Crippen LogP contribution < -0.4 is 19.7 Å². The van der Waals surface area contributed by atoms with E-state index in [1.807, 2.05) is 23.1 Å².